The van der Waals surface area contributed by atoms with Crippen LogP contribution in [0.1, 0.15) is 45.6 Å². The smallest absolute Gasteiger partial charge is 0.368 e. The molecule has 0 bridgehead atoms. The minimum atomic E-state index is -4.69. The number of carbonyl (C=O) groups is 1. The molecule has 3 heterocycles. The molecule has 0 fully saturated rings. The number of nitrogens with one attached hydrogen (secondary N) is 1. The highest BCUT2D eigenvalue weighted by Gasteiger charge is 2.38. The van der Waals surface area contributed by atoms with Crippen molar-refractivity contribution >= 4 is 11.7 Å². The first-order chi connectivity index (χ1) is 13.6. The number of carbonyl (C=O) groups excluding carboxylic acids is 1. The maximum Gasteiger partial charge on any atom is 0.434 e. The topological polar surface area (TPSA) is 120 Å². The van der Waals surface area contributed by atoms with Gasteiger partial charge in [-0.3, -0.25) is 14.2 Å². The number of fused-ring (bicyclic) bond motifs is 1. The molecule has 0 spiro atoms. The van der Waals surface area contributed by atoms with Crippen LogP contribution in [-0.4, -0.2) is 30.3 Å². The molecular formula is C18H15F3N6O2. The number of ketones is 1. The van der Waals surface area contributed by atoms with Gasteiger partial charge in [-0.05, 0) is 13.0 Å². The van der Waals surface area contributed by atoms with Crippen LogP contribution >= 0.6 is 0 Å². The van der Waals surface area contributed by atoms with Crippen molar-refractivity contribution in [3.05, 3.63) is 63.2 Å². The van der Waals surface area contributed by atoms with Crippen molar-refractivity contribution in [3.63, 3.8) is 0 Å². The maximum absolute atomic E-state index is 13.3. The van der Waals surface area contributed by atoms with Gasteiger partial charge in [0.25, 0.3) is 0 Å². The Balaban J connectivity index is 1.85. The van der Waals surface area contributed by atoms with Crippen molar-refractivity contribution in [2.75, 3.05) is 5.73 Å². The number of rotatable bonds is 2. The normalized spacial score (nSPS) is 16.7. The summed E-state index contributed by atoms with van der Waals surface area (Å²) in [6.45, 7) is 1.63. The van der Waals surface area contributed by atoms with Crippen LogP contribution in [0.2, 0.25) is 0 Å². The summed E-state index contributed by atoms with van der Waals surface area (Å²) in [4.78, 5) is 38.6. The molecule has 0 radical (unpaired) electrons. The largest absolute Gasteiger partial charge is 0.434 e. The Morgan fingerprint density at radius 2 is 1.93 bits per heavy atom. The zero-order valence-corrected chi connectivity index (χ0v) is 15.1. The van der Waals surface area contributed by atoms with Gasteiger partial charge in [-0.1, -0.05) is 6.07 Å². The van der Waals surface area contributed by atoms with E-state index in [4.69, 9.17) is 5.73 Å². The van der Waals surface area contributed by atoms with Gasteiger partial charge in [0.1, 0.15) is 11.6 Å². The Labute approximate surface area is 161 Å². The van der Waals surface area contributed by atoms with Gasteiger partial charge in [-0.25, -0.2) is 15.0 Å². The fourth-order valence-corrected chi connectivity index (χ4v) is 3.57. The number of aryl methyl sites for hydroxylation is 1. The third-order valence-electron chi connectivity index (χ3n) is 4.73. The first-order valence-corrected chi connectivity index (χ1v) is 8.66. The van der Waals surface area contributed by atoms with E-state index in [1.807, 2.05) is 0 Å². The summed E-state index contributed by atoms with van der Waals surface area (Å²) in [5.41, 5.74) is 5.23. The lowest BCUT2D eigenvalue weighted by molar-refractivity contribution is -0.141. The summed E-state index contributed by atoms with van der Waals surface area (Å²) in [5.74, 6) is -0.858. The summed E-state index contributed by atoms with van der Waals surface area (Å²) in [6.07, 6.45) is -3.78. The Morgan fingerprint density at radius 3 is 2.62 bits per heavy atom. The van der Waals surface area contributed by atoms with E-state index >= 15 is 0 Å². The number of halogens is 3. The highest BCUT2D eigenvalue weighted by atomic mass is 19.4. The van der Waals surface area contributed by atoms with Gasteiger partial charge < -0.3 is 10.7 Å². The number of nitrogens with zero attached hydrogens (tertiary/aromatic N) is 4. The van der Waals surface area contributed by atoms with Gasteiger partial charge in [-0.15, -0.1) is 0 Å². The first-order valence-electron chi connectivity index (χ1n) is 8.66. The molecule has 1 aliphatic rings. The zero-order chi connectivity index (χ0) is 20.9. The van der Waals surface area contributed by atoms with Gasteiger partial charge in [0.05, 0.1) is 17.0 Å². The number of alkyl halides is 3. The Hall–Kier alpha value is -3.50. The number of hydrogen-bond donors (Lipinski definition) is 2. The van der Waals surface area contributed by atoms with Crippen molar-refractivity contribution in [3.8, 4) is 5.82 Å². The summed E-state index contributed by atoms with van der Waals surface area (Å²) in [5, 5.41) is 0. The lowest BCUT2D eigenvalue weighted by atomic mass is 9.84. The van der Waals surface area contributed by atoms with Crippen LogP contribution in [-0.2, 0) is 12.6 Å². The second-order valence-electron chi connectivity index (χ2n) is 6.77. The number of Topliss-reactive ketones (excluding diaryl/α,β-unsaturated/α-hetero) is 1. The predicted octanol–water partition coefficient (Wildman–Crippen LogP) is 2.17. The van der Waals surface area contributed by atoms with E-state index in [9.17, 15) is 22.8 Å². The van der Waals surface area contributed by atoms with Crippen molar-refractivity contribution in [2.24, 2.45) is 0 Å². The van der Waals surface area contributed by atoms with Crippen molar-refractivity contribution in [1.82, 2.24) is 24.5 Å². The summed E-state index contributed by atoms with van der Waals surface area (Å²) >= 11 is 0. The van der Waals surface area contributed by atoms with Gasteiger partial charge in [-0.2, -0.15) is 13.2 Å². The Bertz CT molecular complexity index is 1180. The van der Waals surface area contributed by atoms with E-state index in [1.54, 1.807) is 6.92 Å². The van der Waals surface area contributed by atoms with Crippen LogP contribution in [0.4, 0.5) is 19.1 Å². The number of pyridine rings is 1. The van der Waals surface area contributed by atoms with E-state index < -0.39 is 23.3 Å². The number of aromatic nitrogens is 5. The predicted molar refractivity (Wildman–Crippen MR) is 95.8 cm³/mol. The zero-order valence-electron chi connectivity index (χ0n) is 15.1. The summed E-state index contributed by atoms with van der Waals surface area (Å²) in [7, 11) is 0. The average Bonchev–Trinajstić information content (AvgIpc) is 3.06. The van der Waals surface area contributed by atoms with Gasteiger partial charge in [0.2, 0.25) is 11.5 Å². The fourth-order valence-electron chi connectivity index (χ4n) is 3.57. The Morgan fingerprint density at radius 1 is 1.17 bits per heavy atom. The molecule has 0 aliphatic heterocycles. The summed E-state index contributed by atoms with van der Waals surface area (Å²) < 4.78 is 41.1. The molecule has 4 rings (SSSR count). The lowest BCUT2D eigenvalue weighted by Crippen LogP contribution is -2.25. The number of anilines is 1. The van der Waals surface area contributed by atoms with Crippen LogP contribution in [0, 0.1) is 6.92 Å². The molecule has 3 aromatic heterocycles. The molecule has 0 saturated heterocycles. The van der Waals surface area contributed by atoms with Crippen LogP contribution in [0.5, 0.6) is 0 Å². The fraction of sp³-hybridized carbons (Fsp3) is 0.278. The molecule has 3 N–H and O–H groups in total. The molecule has 150 valence electrons. The van der Waals surface area contributed by atoms with Crippen molar-refractivity contribution in [1.29, 1.82) is 0 Å². The molecule has 11 heteroatoms. The van der Waals surface area contributed by atoms with Gasteiger partial charge in [0.15, 0.2) is 11.5 Å². The van der Waals surface area contributed by atoms with E-state index in [0.29, 0.717) is 17.0 Å². The second kappa shape index (κ2) is 6.54. The molecule has 3 aromatic rings. The highest BCUT2D eigenvalue weighted by molar-refractivity contribution is 5.99. The Kier molecular flexibility index (Phi) is 4.25. The number of hydrogen-bond acceptors (Lipinski definition) is 6. The molecule has 0 saturated carbocycles. The molecule has 29 heavy (non-hydrogen) atoms. The van der Waals surface area contributed by atoms with Crippen LogP contribution in [0.3, 0.4) is 0 Å². The second-order valence-corrected chi connectivity index (χ2v) is 6.77. The minimum absolute atomic E-state index is 0.00742. The van der Waals surface area contributed by atoms with E-state index in [2.05, 4.69) is 19.9 Å². The standard InChI is InChI=1S/C18H15F3N6O2/c1-8-15-10(24-17(22)23-8)5-9(6-11(15)28)16-25-12(18(19,20)21)7-27(16)13-3-2-4-14(29)26-13/h2-4,7,9H,5-6H2,1H3,(H,26,29)(H2,22,23,24). The number of H-pyrrole nitrogens is 1. The SMILES string of the molecule is Cc1nc(N)nc2c1C(=O)CC(c1nc(C(F)(F)F)cn1-c1cccc(=O)[nH]1)C2. The highest BCUT2D eigenvalue weighted by Crippen LogP contribution is 2.36. The number of imidazole rings is 1. The molecule has 1 atom stereocenters. The van der Waals surface area contributed by atoms with E-state index in [1.165, 1.54) is 18.2 Å². The number of nitrogen functional groups attached to an aromatic ring is 1. The minimum Gasteiger partial charge on any atom is -0.368 e. The first kappa shape index (κ1) is 18.8. The molecular weight excluding hydrogens is 389 g/mol. The van der Waals surface area contributed by atoms with E-state index in [-0.39, 0.29) is 36.2 Å². The lowest BCUT2D eigenvalue weighted by Gasteiger charge is -2.24. The molecule has 8 nitrogen and oxygen atoms in total. The molecule has 1 unspecified atom stereocenters. The molecule has 0 aromatic carbocycles. The van der Waals surface area contributed by atoms with Crippen molar-refractivity contribution < 1.29 is 18.0 Å². The van der Waals surface area contributed by atoms with Crippen molar-refractivity contribution in [2.45, 2.75) is 31.9 Å². The van der Waals surface area contributed by atoms with E-state index in [0.717, 1.165) is 10.8 Å². The number of aromatic amines is 1. The van der Waals surface area contributed by atoms with Gasteiger partial charge in [0, 0.05) is 31.0 Å². The average molecular weight is 404 g/mol. The summed E-state index contributed by atoms with van der Waals surface area (Å²) in [6, 6.07) is 4.12. The quantitative estimate of drug-likeness (QED) is 0.676. The number of nitrogens with two attached hydrogens (primary N) is 1. The monoisotopic (exact) mass is 404 g/mol. The maximum atomic E-state index is 13.3. The molecule has 0 amide bonds. The van der Waals surface area contributed by atoms with Gasteiger partial charge >= 0.3 is 6.18 Å². The van der Waals surface area contributed by atoms with Crippen LogP contribution in [0.25, 0.3) is 5.82 Å². The molecule has 1 aliphatic carbocycles. The third-order valence-corrected chi connectivity index (χ3v) is 4.73. The third kappa shape index (κ3) is 3.39. The van der Waals surface area contributed by atoms with Crippen LogP contribution < -0.4 is 11.3 Å². The van der Waals surface area contributed by atoms with Crippen LogP contribution in [0.15, 0.2) is 29.2 Å².